The van der Waals surface area contributed by atoms with Gasteiger partial charge in [-0.1, -0.05) is 24.3 Å². The van der Waals surface area contributed by atoms with E-state index in [1.54, 1.807) is 18.2 Å². The number of ether oxygens (including phenoxy) is 2. The lowest BCUT2D eigenvalue weighted by atomic mass is 9.74. The number of phenols is 1. The third-order valence-corrected chi connectivity index (χ3v) is 8.01. The average molecular weight is 563 g/mol. The first-order valence-corrected chi connectivity index (χ1v) is 14.1. The van der Waals surface area contributed by atoms with Gasteiger partial charge in [0, 0.05) is 64.4 Å². The van der Waals surface area contributed by atoms with Crippen molar-refractivity contribution in [2.24, 2.45) is 5.10 Å². The predicted octanol–water partition coefficient (Wildman–Crippen LogP) is 6.77. The SMILES string of the molecule is CCNc1cc2c(cc1C)C1(c3cc(C)c(NCC)cc3O2)c2ccccc2C(=O)N1/N=C/c1cccc(OC)c1O. The molecule has 1 amide bonds. The van der Waals surface area contributed by atoms with Gasteiger partial charge in [0.2, 0.25) is 0 Å². The summed E-state index contributed by atoms with van der Waals surface area (Å²) in [5, 5.41) is 24.0. The van der Waals surface area contributed by atoms with E-state index in [4.69, 9.17) is 14.6 Å². The van der Waals surface area contributed by atoms with Gasteiger partial charge in [-0.25, -0.2) is 5.01 Å². The first-order chi connectivity index (χ1) is 20.3. The Morgan fingerprint density at radius 3 is 2.12 bits per heavy atom. The summed E-state index contributed by atoms with van der Waals surface area (Å²) in [4.78, 5) is 14.3. The van der Waals surface area contributed by atoms with Crippen LogP contribution in [0.15, 0.2) is 71.8 Å². The zero-order chi connectivity index (χ0) is 29.6. The van der Waals surface area contributed by atoms with E-state index in [0.717, 1.165) is 52.3 Å². The number of rotatable bonds is 7. The minimum absolute atomic E-state index is 0.0491. The molecule has 0 bridgehead atoms. The van der Waals surface area contributed by atoms with Gasteiger partial charge in [-0.2, -0.15) is 5.10 Å². The smallest absolute Gasteiger partial charge is 0.275 e. The molecule has 0 radical (unpaired) electrons. The van der Waals surface area contributed by atoms with Crippen LogP contribution in [0.3, 0.4) is 0 Å². The fraction of sp³-hybridized carbons (Fsp3) is 0.235. The van der Waals surface area contributed by atoms with E-state index < -0.39 is 5.54 Å². The van der Waals surface area contributed by atoms with Gasteiger partial charge in [-0.05, 0) is 69.2 Å². The Hall–Kier alpha value is -4.98. The third kappa shape index (κ3) is 3.97. The number of hydrogen-bond donors (Lipinski definition) is 3. The Morgan fingerprint density at radius 2 is 1.52 bits per heavy atom. The number of hydrogen-bond acceptors (Lipinski definition) is 7. The molecule has 2 aliphatic heterocycles. The number of carbonyl (C=O) groups is 1. The minimum atomic E-state index is -1.12. The Balaban J connectivity index is 1.67. The normalized spacial score (nSPS) is 14.4. The van der Waals surface area contributed by atoms with Crippen LogP contribution in [0.25, 0.3) is 0 Å². The van der Waals surface area contributed by atoms with E-state index in [9.17, 15) is 9.90 Å². The van der Waals surface area contributed by atoms with Crippen molar-refractivity contribution in [3.63, 3.8) is 0 Å². The van der Waals surface area contributed by atoms with Crippen LogP contribution in [0.4, 0.5) is 11.4 Å². The van der Waals surface area contributed by atoms with E-state index in [-0.39, 0.29) is 11.7 Å². The summed E-state index contributed by atoms with van der Waals surface area (Å²) in [6.07, 6.45) is 1.51. The van der Waals surface area contributed by atoms with Crippen LogP contribution >= 0.6 is 0 Å². The molecular weight excluding hydrogens is 528 g/mol. The molecule has 0 aromatic heterocycles. The van der Waals surface area contributed by atoms with Crippen molar-refractivity contribution in [3.8, 4) is 23.0 Å². The molecule has 8 nitrogen and oxygen atoms in total. The molecule has 0 aliphatic carbocycles. The van der Waals surface area contributed by atoms with Crippen LogP contribution in [-0.2, 0) is 5.54 Å². The summed E-state index contributed by atoms with van der Waals surface area (Å²) in [6.45, 7) is 9.72. The third-order valence-electron chi connectivity index (χ3n) is 8.01. The topological polar surface area (TPSA) is 95.4 Å². The summed E-state index contributed by atoms with van der Waals surface area (Å²) in [7, 11) is 1.50. The van der Waals surface area contributed by atoms with Crippen LogP contribution < -0.4 is 20.1 Å². The molecule has 4 aromatic rings. The highest BCUT2D eigenvalue weighted by Crippen LogP contribution is 2.59. The molecule has 8 heteroatoms. The van der Waals surface area contributed by atoms with Crippen molar-refractivity contribution in [2.45, 2.75) is 33.2 Å². The van der Waals surface area contributed by atoms with E-state index in [1.807, 2.05) is 50.2 Å². The van der Waals surface area contributed by atoms with Crippen molar-refractivity contribution >= 4 is 23.5 Å². The lowest BCUT2D eigenvalue weighted by molar-refractivity contribution is 0.0675. The standard InChI is InChI=1S/C34H34N4O4/c1-6-35-27-17-30-25(15-20(27)3)34(26-16-21(4)28(36-7-2)18-31(26)42-30)24-13-9-8-12-23(24)33(40)38(34)37-19-22-11-10-14-29(41-5)32(22)39/h8-19,35-36,39H,6-7H2,1-5H3/b37-19+. The maximum absolute atomic E-state index is 14.3. The van der Waals surface area contributed by atoms with Crippen molar-refractivity contribution in [3.05, 3.63) is 106 Å². The maximum atomic E-state index is 14.3. The average Bonchev–Trinajstić information content (AvgIpc) is 3.23. The number of benzene rings is 4. The second-order valence-corrected chi connectivity index (χ2v) is 10.5. The zero-order valence-electron chi connectivity index (χ0n) is 24.4. The summed E-state index contributed by atoms with van der Waals surface area (Å²) in [5.41, 5.74) is 6.29. The number of fused-ring (bicyclic) bond motifs is 6. The second kappa shape index (κ2) is 10.4. The van der Waals surface area contributed by atoms with Gasteiger partial charge < -0.3 is 25.2 Å². The van der Waals surface area contributed by atoms with Crippen LogP contribution in [-0.4, -0.2) is 42.4 Å². The highest BCUT2D eigenvalue weighted by atomic mass is 16.5. The fourth-order valence-electron chi connectivity index (χ4n) is 6.09. The monoisotopic (exact) mass is 562 g/mol. The van der Waals surface area contributed by atoms with Gasteiger partial charge in [0.1, 0.15) is 17.0 Å². The molecule has 214 valence electrons. The molecule has 6 rings (SSSR count). The van der Waals surface area contributed by atoms with Gasteiger partial charge in [0.25, 0.3) is 5.91 Å². The van der Waals surface area contributed by atoms with Crippen LogP contribution in [0.1, 0.15) is 57.6 Å². The summed E-state index contributed by atoms with van der Waals surface area (Å²) in [6, 6.07) is 21.0. The van der Waals surface area contributed by atoms with Gasteiger partial charge in [-0.3, -0.25) is 4.79 Å². The van der Waals surface area contributed by atoms with Crippen LogP contribution in [0.5, 0.6) is 23.0 Å². The number of nitrogens with zero attached hydrogens (tertiary/aromatic N) is 2. The molecular formula is C34H34N4O4. The highest BCUT2D eigenvalue weighted by Gasteiger charge is 2.57. The number of hydrazone groups is 1. The molecule has 2 aliphatic rings. The van der Waals surface area contributed by atoms with Crippen molar-refractivity contribution in [1.82, 2.24) is 5.01 Å². The van der Waals surface area contributed by atoms with E-state index in [1.165, 1.54) is 18.3 Å². The molecule has 42 heavy (non-hydrogen) atoms. The molecule has 0 fully saturated rings. The first-order valence-electron chi connectivity index (χ1n) is 14.1. The Labute approximate surface area is 245 Å². The van der Waals surface area contributed by atoms with Crippen molar-refractivity contribution < 1.29 is 19.4 Å². The van der Waals surface area contributed by atoms with E-state index in [0.29, 0.717) is 28.4 Å². The summed E-state index contributed by atoms with van der Waals surface area (Å²) < 4.78 is 11.9. The van der Waals surface area contributed by atoms with Crippen LogP contribution in [0.2, 0.25) is 0 Å². The summed E-state index contributed by atoms with van der Waals surface area (Å²) >= 11 is 0. The number of amides is 1. The molecule has 3 N–H and O–H groups in total. The number of para-hydroxylation sites is 1. The fourth-order valence-corrected chi connectivity index (χ4v) is 6.09. The molecule has 1 spiro atoms. The molecule has 0 unspecified atom stereocenters. The lowest BCUT2D eigenvalue weighted by Gasteiger charge is -2.42. The number of nitrogens with one attached hydrogen (secondary N) is 2. The van der Waals surface area contributed by atoms with Crippen molar-refractivity contribution in [1.29, 1.82) is 0 Å². The first kappa shape index (κ1) is 27.2. The molecule has 0 saturated carbocycles. The number of aryl methyl sites for hydroxylation is 2. The molecule has 0 atom stereocenters. The van der Waals surface area contributed by atoms with Crippen LogP contribution in [0, 0.1) is 13.8 Å². The maximum Gasteiger partial charge on any atom is 0.275 e. The number of methoxy groups -OCH3 is 1. The minimum Gasteiger partial charge on any atom is -0.504 e. The van der Waals surface area contributed by atoms with E-state index in [2.05, 4.69) is 36.6 Å². The van der Waals surface area contributed by atoms with Crippen molar-refractivity contribution in [2.75, 3.05) is 30.8 Å². The lowest BCUT2D eigenvalue weighted by Crippen LogP contribution is -2.44. The number of anilines is 2. The van der Waals surface area contributed by atoms with Gasteiger partial charge >= 0.3 is 0 Å². The quantitative estimate of drug-likeness (QED) is 0.215. The van der Waals surface area contributed by atoms with Gasteiger partial charge in [0.15, 0.2) is 11.5 Å². The predicted molar refractivity (Wildman–Crippen MR) is 166 cm³/mol. The highest BCUT2D eigenvalue weighted by molar-refractivity contribution is 6.03. The second-order valence-electron chi connectivity index (χ2n) is 10.5. The summed E-state index contributed by atoms with van der Waals surface area (Å²) in [5.74, 6) is 1.31. The Kier molecular flexibility index (Phi) is 6.77. The van der Waals surface area contributed by atoms with E-state index >= 15 is 0 Å². The number of phenolic OH excluding ortho intramolecular Hbond substituents is 1. The number of carbonyl (C=O) groups excluding carboxylic acids is 1. The van der Waals surface area contributed by atoms with Gasteiger partial charge in [-0.15, -0.1) is 0 Å². The largest absolute Gasteiger partial charge is 0.504 e. The Bertz CT molecular complexity index is 1680. The molecule has 0 saturated heterocycles. The zero-order valence-corrected chi connectivity index (χ0v) is 24.4. The van der Waals surface area contributed by atoms with Gasteiger partial charge in [0.05, 0.1) is 13.3 Å². The number of aromatic hydroxyl groups is 1. The molecule has 2 heterocycles. The molecule has 4 aromatic carbocycles. The Morgan fingerprint density at radius 1 is 0.905 bits per heavy atom.